The van der Waals surface area contributed by atoms with Crippen molar-refractivity contribution in [2.75, 3.05) is 6.54 Å². The third kappa shape index (κ3) is 3.13. The highest BCUT2D eigenvalue weighted by atomic mass is 79.9. The summed E-state index contributed by atoms with van der Waals surface area (Å²) in [6.45, 7) is 2.43. The van der Waals surface area contributed by atoms with E-state index in [1.807, 2.05) is 6.92 Å². The van der Waals surface area contributed by atoms with Crippen LogP contribution in [0.3, 0.4) is 0 Å². The van der Waals surface area contributed by atoms with Crippen molar-refractivity contribution in [1.29, 1.82) is 0 Å². The van der Waals surface area contributed by atoms with Gasteiger partial charge in [-0.3, -0.25) is 0 Å². The van der Waals surface area contributed by atoms with Crippen molar-refractivity contribution in [3.05, 3.63) is 58.1 Å². The van der Waals surface area contributed by atoms with Gasteiger partial charge < -0.3 is 5.32 Å². The zero-order valence-corrected chi connectivity index (χ0v) is 11.8. The van der Waals surface area contributed by atoms with Crippen LogP contribution in [0.15, 0.2) is 35.3 Å². The van der Waals surface area contributed by atoms with Crippen molar-refractivity contribution in [2.24, 2.45) is 0 Å². The lowest BCUT2D eigenvalue weighted by atomic mass is 10.00. The van der Waals surface area contributed by atoms with E-state index in [1.165, 1.54) is 18.5 Å². The number of nitrogens with zero attached hydrogens (tertiary/aromatic N) is 2. The average Bonchev–Trinajstić information content (AvgIpc) is 2.37. The molecule has 2 aromatic rings. The van der Waals surface area contributed by atoms with Gasteiger partial charge in [-0.25, -0.2) is 18.7 Å². The molecular formula is C13H12BrF2N3. The molecule has 0 spiro atoms. The van der Waals surface area contributed by atoms with Gasteiger partial charge in [-0.1, -0.05) is 22.9 Å². The molecule has 100 valence electrons. The van der Waals surface area contributed by atoms with Crippen LogP contribution in [-0.4, -0.2) is 16.5 Å². The second-order valence-corrected chi connectivity index (χ2v) is 4.86. The molecule has 19 heavy (non-hydrogen) atoms. The first-order valence-electron chi connectivity index (χ1n) is 5.76. The molecule has 1 N–H and O–H groups in total. The second kappa shape index (κ2) is 6.16. The van der Waals surface area contributed by atoms with Crippen molar-refractivity contribution in [2.45, 2.75) is 13.0 Å². The van der Waals surface area contributed by atoms with E-state index in [0.29, 0.717) is 16.6 Å². The summed E-state index contributed by atoms with van der Waals surface area (Å²) in [6, 6.07) is 1.87. The van der Waals surface area contributed by atoms with Gasteiger partial charge in [0.1, 0.15) is 18.0 Å². The summed E-state index contributed by atoms with van der Waals surface area (Å²) < 4.78 is 28.4. The van der Waals surface area contributed by atoms with Crippen LogP contribution in [-0.2, 0) is 0 Å². The fourth-order valence-electron chi connectivity index (χ4n) is 1.88. The first-order valence-corrected chi connectivity index (χ1v) is 6.55. The van der Waals surface area contributed by atoms with Crippen LogP contribution < -0.4 is 5.32 Å². The van der Waals surface area contributed by atoms with E-state index in [-0.39, 0.29) is 5.56 Å². The summed E-state index contributed by atoms with van der Waals surface area (Å²) in [5, 5.41) is 3.04. The van der Waals surface area contributed by atoms with Gasteiger partial charge in [-0.15, -0.1) is 0 Å². The molecule has 1 aromatic carbocycles. The zero-order chi connectivity index (χ0) is 13.8. The molecule has 0 saturated heterocycles. The van der Waals surface area contributed by atoms with Crippen LogP contribution in [0.1, 0.15) is 24.1 Å². The summed E-state index contributed by atoms with van der Waals surface area (Å²) in [5.41, 5.74) is 0.587. The lowest BCUT2D eigenvalue weighted by Crippen LogP contribution is -2.24. The van der Waals surface area contributed by atoms with Crippen molar-refractivity contribution in [1.82, 2.24) is 15.3 Å². The van der Waals surface area contributed by atoms with Crippen LogP contribution in [0.2, 0.25) is 0 Å². The van der Waals surface area contributed by atoms with Crippen LogP contribution in [0, 0.1) is 11.6 Å². The molecule has 3 nitrogen and oxygen atoms in total. The van der Waals surface area contributed by atoms with Gasteiger partial charge in [0.15, 0.2) is 0 Å². The van der Waals surface area contributed by atoms with Crippen LogP contribution in [0.4, 0.5) is 8.78 Å². The predicted octanol–water partition coefficient (Wildman–Crippen LogP) is 3.22. The van der Waals surface area contributed by atoms with Crippen molar-refractivity contribution in [3.63, 3.8) is 0 Å². The standard InChI is InChI=1S/C13H12BrF2N3/c1-2-19-13(8-5-17-7-18-6-8)12-10(15)3-9(14)4-11(12)16/h3-7,13,19H,2H2,1H3. The Hall–Kier alpha value is -1.40. The van der Waals surface area contributed by atoms with E-state index in [9.17, 15) is 8.78 Å². The minimum Gasteiger partial charge on any atom is -0.306 e. The molecule has 0 saturated carbocycles. The van der Waals surface area contributed by atoms with Crippen LogP contribution in [0.5, 0.6) is 0 Å². The average molecular weight is 328 g/mol. The molecule has 0 aliphatic carbocycles. The molecule has 0 fully saturated rings. The molecule has 1 heterocycles. The highest BCUT2D eigenvalue weighted by Crippen LogP contribution is 2.28. The largest absolute Gasteiger partial charge is 0.306 e. The summed E-state index contributed by atoms with van der Waals surface area (Å²) >= 11 is 3.07. The minimum atomic E-state index is -0.612. The van der Waals surface area contributed by atoms with E-state index in [2.05, 4.69) is 31.2 Å². The molecule has 0 amide bonds. The monoisotopic (exact) mass is 327 g/mol. The number of benzene rings is 1. The first kappa shape index (κ1) is 14.0. The molecule has 1 aromatic heterocycles. The normalized spacial score (nSPS) is 12.4. The van der Waals surface area contributed by atoms with E-state index in [1.54, 1.807) is 12.4 Å². The molecule has 0 radical (unpaired) electrons. The van der Waals surface area contributed by atoms with Gasteiger partial charge in [0.25, 0.3) is 0 Å². The fraction of sp³-hybridized carbons (Fsp3) is 0.231. The number of hydrogen-bond acceptors (Lipinski definition) is 3. The molecule has 0 aliphatic rings. The maximum atomic E-state index is 14.0. The van der Waals surface area contributed by atoms with Gasteiger partial charge in [0, 0.05) is 28.0 Å². The Morgan fingerprint density at radius 3 is 2.32 bits per heavy atom. The Labute approximate surface area is 118 Å². The van der Waals surface area contributed by atoms with Gasteiger partial charge in [-0.2, -0.15) is 0 Å². The number of nitrogens with one attached hydrogen (secondary N) is 1. The van der Waals surface area contributed by atoms with E-state index >= 15 is 0 Å². The Morgan fingerprint density at radius 1 is 1.21 bits per heavy atom. The van der Waals surface area contributed by atoms with E-state index in [4.69, 9.17) is 0 Å². The number of hydrogen-bond donors (Lipinski definition) is 1. The third-order valence-electron chi connectivity index (χ3n) is 2.65. The zero-order valence-electron chi connectivity index (χ0n) is 10.2. The molecule has 0 aliphatic heterocycles. The lowest BCUT2D eigenvalue weighted by Gasteiger charge is -2.19. The Bertz CT molecular complexity index is 540. The number of halogens is 3. The second-order valence-electron chi connectivity index (χ2n) is 3.95. The van der Waals surface area contributed by atoms with Gasteiger partial charge in [-0.05, 0) is 18.7 Å². The Balaban J connectivity index is 2.51. The highest BCUT2D eigenvalue weighted by Gasteiger charge is 2.22. The molecule has 0 bridgehead atoms. The van der Waals surface area contributed by atoms with Crippen LogP contribution >= 0.6 is 15.9 Å². The first-order chi connectivity index (χ1) is 9.13. The quantitative estimate of drug-likeness (QED) is 0.936. The SMILES string of the molecule is CCNC(c1cncnc1)c1c(F)cc(Br)cc1F. The smallest absolute Gasteiger partial charge is 0.132 e. The molecule has 1 unspecified atom stereocenters. The molecule has 1 atom stereocenters. The topological polar surface area (TPSA) is 37.8 Å². The number of rotatable bonds is 4. The minimum absolute atomic E-state index is 0.0279. The maximum Gasteiger partial charge on any atom is 0.132 e. The lowest BCUT2D eigenvalue weighted by molar-refractivity contribution is 0.508. The maximum absolute atomic E-state index is 14.0. The molecule has 6 heteroatoms. The molecular weight excluding hydrogens is 316 g/mol. The van der Waals surface area contributed by atoms with Gasteiger partial charge in [0.05, 0.1) is 6.04 Å². The van der Waals surface area contributed by atoms with Crippen LogP contribution in [0.25, 0.3) is 0 Å². The van der Waals surface area contributed by atoms with Gasteiger partial charge >= 0.3 is 0 Å². The summed E-state index contributed by atoms with van der Waals surface area (Å²) in [5.74, 6) is -1.22. The van der Waals surface area contributed by atoms with E-state index < -0.39 is 17.7 Å². The Kier molecular flexibility index (Phi) is 4.55. The summed E-state index contributed by atoms with van der Waals surface area (Å²) in [6.07, 6.45) is 4.46. The van der Waals surface area contributed by atoms with Crippen molar-refractivity contribution >= 4 is 15.9 Å². The fourth-order valence-corrected chi connectivity index (χ4v) is 2.28. The predicted molar refractivity (Wildman–Crippen MR) is 71.6 cm³/mol. The van der Waals surface area contributed by atoms with Crippen molar-refractivity contribution in [3.8, 4) is 0 Å². The molecule has 2 rings (SSSR count). The van der Waals surface area contributed by atoms with E-state index in [0.717, 1.165) is 0 Å². The summed E-state index contributed by atoms with van der Waals surface area (Å²) in [7, 11) is 0. The number of aromatic nitrogens is 2. The highest BCUT2D eigenvalue weighted by molar-refractivity contribution is 9.10. The van der Waals surface area contributed by atoms with Crippen molar-refractivity contribution < 1.29 is 8.78 Å². The Morgan fingerprint density at radius 2 is 1.79 bits per heavy atom. The van der Waals surface area contributed by atoms with Gasteiger partial charge in [0.2, 0.25) is 0 Å². The summed E-state index contributed by atoms with van der Waals surface area (Å²) in [4.78, 5) is 7.77. The third-order valence-corrected chi connectivity index (χ3v) is 3.11.